The minimum absolute atomic E-state index is 0.957. The minimum Gasteiger partial charge on any atom is -0.343 e. The van der Waals surface area contributed by atoms with E-state index in [0.29, 0.717) is 0 Å². The predicted octanol–water partition coefficient (Wildman–Crippen LogP) is 3.25. The number of hydrogen-bond acceptors (Lipinski definition) is 2. The van der Waals surface area contributed by atoms with Gasteiger partial charge in [0.1, 0.15) is 5.65 Å². The van der Waals surface area contributed by atoms with Crippen LogP contribution in [0.5, 0.6) is 0 Å². The molecule has 0 unspecified atom stereocenters. The standard InChI is InChI=1S/C16H13N3/c1-10-15(14-3-2-7-18-16(14)19-10)13-5-4-11-9-17-8-6-12(11)13/h2-3,5-9H,4H2,1H3,(H,18,19). The molecule has 0 radical (unpaired) electrons. The molecule has 4 rings (SSSR count). The molecule has 0 amide bonds. The number of H-pyrrole nitrogens is 1. The fourth-order valence-electron chi connectivity index (χ4n) is 2.91. The Labute approximate surface area is 111 Å². The largest absolute Gasteiger partial charge is 0.343 e. The van der Waals surface area contributed by atoms with E-state index >= 15 is 0 Å². The summed E-state index contributed by atoms with van der Waals surface area (Å²) >= 11 is 0. The molecule has 3 aromatic heterocycles. The summed E-state index contributed by atoms with van der Waals surface area (Å²) in [6, 6.07) is 6.21. The maximum Gasteiger partial charge on any atom is 0.138 e. The van der Waals surface area contributed by atoms with Crippen LogP contribution >= 0.6 is 0 Å². The van der Waals surface area contributed by atoms with Crippen LogP contribution in [0.4, 0.5) is 0 Å². The summed E-state index contributed by atoms with van der Waals surface area (Å²) in [4.78, 5) is 12.0. The normalized spacial score (nSPS) is 13.6. The predicted molar refractivity (Wildman–Crippen MR) is 75.9 cm³/mol. The number of allylic oxidation sites excluding steroid dienone is 1. The van der Waals surface area contributed by atoms with Crippen molar-refractivity contribution in [3.63, 3.8) is 0 Å². The Hall–Kier alpha value is -2.42. The van der Waals surface area contributed by atoms with E-state index in [1.54, 1.807) is 0 Å². The minimum atomic E-state index is 0.957. The van der Waals surface area contributed by atoms with Gasteiger partial charge in [0.2, 0.25) is 0 Å². The smallest absolute Gasteiger partial charge is 0.138 e. The maximum atomic E-state index is 4.39. The third-order valence-electron chi connectivity index (χ3n) is 3.75. The average Bonchev–Trinajstić information content (AvgIpc) is 2.98. The van der Waals surface area contributed by atoms with E-state index in [2.05, 4.69) is 40.1 Å². The van der Waals surface area contributed by atoms with Crippen LogP contribution in [-0.4, -0.2) is 15.0 Å². The molecule has 0 saturated heterocycles. The Balaban J connectivity index is 2.00. The molecular formula is C16H13N3. The molecule has 3 nitrogen and oxygen atoms in total. The van der Waals surface area contributed by atoms with Crippen molar-refractivity contribution in [2.45, 2.75) is 13.3 Å². The van der Waals surface area contributed by atoms with Gasteiger partial charge >= 0.3 is 0 Å². The topological polar surface area (TPSA) is 41.6 Å². The highest BCUT2D eigenvalue weighted by Gasteiger charge is 2.20. The lowest BCUT2D eigenvalue weighted by atomic mass is 9.98. The molecule has 0 saturated carbocycles. The van der Waals surface area contributed by atoms with Gasteiger partial charge in [0.15, 0.2) is 0 Å². The third kappa shape index (κ3) is 1.45. The first-order chi connectivity index (χ1) is 9.34. The van der Waals surface area contributed by atoms with Crippen molar-refractivity contribution >= 4 is 16.6 Å². The van der Waals surface area contributed by atoms with Crippen LogP contribution in [0.2, 0.25) is 0 Å². The summed E-state index contributed by atoms with van der Waals surface area (Å²) in [6.45, 7) is 2.11. The summed E-state index contributed by atoms with van der Waals surface area (Å²) in [5.41, 5.74) is 7.29. The van der Waals surface area contributed by atoms with E-state index in [0.717, 1.165) is 12.1 Å². The highest BCUT2D eigenvalue weighted by molar-refractivity contribution is 5.98. The highest BCUT2D eigenvalue weighted by atomic mass is 14.9. The van der Waals surface area contributed by atoms with Crippen molar-refractivity contribution in [1.82, 2.24) is 15.0 Å². The average molecular weight is 247 g/mol. The van der Waals surface area contributed by atoms with E-state index in [-0.39, 0.29) is 0 Å². The zero-order valence-corrected chi connectivity index (χ0v) is 10.6. The molecule has 1 aliphatic rings. The van der Waals surface area contributed by atoms with Gasteiger partial charge in [-0.3, -0.25) is 4.98 Å². The number of nitrogens with one attached hydrogen (secondary N) is 1. The number of fused-ring (bicyclic) bond motifs is 2. The first-order valence-electron chi connectivity index (χ1n) is 6.41. The third-order valence-corrected chi connectivity index (χ3v) is 3.75. The van der Waals surface area contributed by atoms with Gasteiger partial charge in [0.05, 0.1) is 0 Å². The van der Waals surface area contributed by atoms with Gasteiger partial charge in [0.25, 0.3) is 0 Å². The van der Waals surface area contributed by atoms with E-state index in [9.17, 15) is 0 Å². The summed E-state index contributed by atoms with van der Waals surface area (Å²) in [5, 5.41) is 1.19. The zero-order chi connectivity index (χ0) is 12.8. The number of nitrogens with zero attached hydrogens (tertiary/aromatic N) is 2. The summed E-state index contributed by atoms with van der Waals surface area (Å²) in [5.74, 6) is 0. The lowest BCUT2D eigenvalue weighted by Gasteiger charge is -2.05. The van der Waals surface area contributed by atoms with Crippen molar-refractivity contribution in [2.75, 3.05) is 0 Å². The van der Waals surface area contributed by atoms with Gasteiger partial charge in [-0.2, -0.15) is 0 Å². The molecule has 19 heavy (non-hydrogen) atoms. The number of aryl methyl sites for hydroxylation is 1. The molecule has 0 atom stereocenters. The van der Waals surface area contributed by atoms with Gasteiger partial charge in [-0.15, -0.1) is 0 Å². The number of pyridine rings is 2. The number of aromatic amines is 1. The van der Waals surface area contributed by atoms with Crippen LogP contribution in [0.3, 0.4) is 0 Å². The Morgan fingerprint density at radius 1 is 1.21 bits per heavy atom. The molecular weight excluding hydrogens is 234 g/mol. The second kappa shape index (κ2) is 3.79. The van der Waals surface area contributed by atoms with Crippen LogP contribution in [-0.2, 0) is 6.42 Å². The molecule has 0 fully saturated rings. The number of aromatic nitrogens is 3. The zero-order valence-electron chi connectivity index (χ0n) is 10.6. The fraction of sp³-hybridized carbons (Fsp3) is 0.125. The van der Waals surface area contributed by atoms with Crippen LogP contribution in [0, 0.1) is 6.92 Å². The van der Waals surface area contributed by atoms with E-state index in [1.807, 2.05) is 24.7 Å². The molecule has 3 heteroatoms. The molecule has 0 aliphatic heterocycles. The Morgan fingerprint density at radius 3 is 3.11 bits per heavy atom. The molecule has 92 valence electrons. The molecule has 1 aliphatic carbocycles. The monoisotopic (exact) mass is 247 g/mol. The first kappa shape index (κ1) is 10.5. The van der Waals surface area contributed by atoms with Crippen molar-refractivity contribution < 1.29 is 0 Å². The van der Waals surface area contributed by atoms with E-state index in [1.165, 1.54) is 33.3 Å². The summed E-state index contributed by atoms with van der Waals surface area (Å²) < 4.78 is 0. The van der Waals surface area contributed by atoms with Gasteiger partial charge in [0, 0.05) is 35.2 Å². The van der Waals surface area contributed by atoms with Crippen molar-refractivity contribution in [3.8, 4) is 0 Å². The van der Waals surface area contributed by atoms with E-state index in [4.69, 9.17) is 0 Å². The van der Waals surface area contributed by atoms with Crippen molar-refractivity contribution in [1.29, 1.82) is 0 Å². The number of hydrogen-bond donors (Lipinski definition) is 1. The van der Waals surface area contributed by atoms with Gasteiger partial charge in [-0.25, -0.2) is 4.98 Å². The highest BCUT2D eigenvalue weighted by Crippen LogP contribution is 2.37. The molecule has 0 bridgehead atoms. The SMILES string of the molecule is Cc1[nH]c2ncccc2c1C1=CCc2cnccc21. The summed E-state index contributed by atoms with van der Waals surface area (Å²) in [7, 11) is 0. The molecule has 0 spiro atoms. The van der Waals surface area contributed by atoms with Crippen LogP contribution in [0.15, 0.2) is 42.9 Å². The Kier molecular flexibility index (Phi) is 2.09. The molecule has 3 heterocycles. The van der Waals surface area contributed by atoms with Gasteiger partial charge in [-0.05, 0) is 48.2 Å². The second-order valence-corrected chi connectivity index (χ2v) is 4.88. The van der Waals surface area contributed by atoms with Gasteiger partial charge < -0.3 is 4.98 Å². The van der Waals surface area contributed by atoms with E-state index < -0.39 is 0 Å². The van der Waals surface area contributed by atoms with Crippen molar-refractivity contribution in [3.05, 3.63) is 65.2 Å². The summed E-state index contributed by atoms with van der Waals surface area (Å²) in [6.07, 6.45) is 8.89. The Bertz CT molecular complexity index is 812. The maximum absolute atomic E-state index is 4.39. The Morgan fingerprint density at radius 2 is 2.16 bits per heavy atom. The molecule has 0 aromatic carbocycles. The van der Waals surface area contributed by atoms with Gasteiger partial charge in [-0.1, -0.05) is 6.08 Å². The van der Waals surface area contributed by atoms with Crippen LogP contribution in [0.25, 0.3) is 16.6 Å². The lowest BCUT2D eigenvalue weighted by Crippen LogP contribution is -1.89. The first-order valence-corrected chi connectivity index (χ1v) is 6.41. The van der Waals surface area contributed by atoms with Crippen LogP contribution in [0.1, 0.15) is 22.4 Å². The molecule has 1 N–H and O–H groups in total. The number of rotatable bonds is 1. The van der Waals surface area contributed by atoms with Crippen molar-refractivity contribution in [2.24, 2.45) is 0 Å². The van der Waals surface area contributed by atoms with Crippen LogP contribution < -0.4 is 0 Å². The lowest BCUT2D eigenvalue weighted by molar-refractivity contribution is 1.21. The second-order valence-electron chi connectivity index (χ2n) is 4.88. The molecule has 3 aromatic rings. The quantitative estimate of drug-likeness (QED) is 0.717. The fourth-order valence-corrected chi connectivity index (χ4v) is 2.91.